The molecule has 0 spiro atoms. The number of fused-ring (bicyclic) bond motifs is 1. The molecule has 176 valence electrons. The third-order valence-corrected chi connectivity index (χ3v) is 7.88. The summed E-state index contributed by atoms with van der Waals surface area (Å²) in [6.45, 7) is 1.40. The van der Waals surface area contributed by atoms with E-state index in [-0.39, 0.29) is 22.4 Å². The second-order valence-electron chi connectivity index (χ2n) is 9.03. The van der Waals surface area contributed by atoms with Crippen LogP contribution >= 0.6 is 28.3 Å². The van der Waals surface area contributed by atoms with Gasteiger partial charge in [-0.25, -0.2) is 0 Å². The average Bonchev–Trinajstić information content (AvgIpc) is 3.25. The van der Waals surface area contributed by atoms with Crippen LogP contribution in [0.3, 0.4) is 0 Å². The van der Waals surface area contributed by atoms with E-state index in [0.717, 1.165) is 29.8 Å². The molecule has 1 fully saturated rings. The largest absolute Gasteiger partial charge is 0.316 e. The van der Waals surface area contributed by atoms with Crippen LogP contribution in [0, 0.1) is 0 Å². The minimum Gasteiger partial charge on any atom is -0.316 e. The van der Waals surface area contributed by atoms with Crippen LogP contribution < -0.4 is 4.80 Å². The summed E-state index contributed by atoms with van der Waals surface area (Å²) in [5.74, 6) is 0. The molecule has 4 nitrogen and oxygen atoms in total. The van der Waals surface area contributed by atoms with Crippen molar-refractivity contribution in [2.75, 3.05) is 0 Å². The summed E-state index contributed by atoms with van der Waals surface area (Å²) in [4.78, 5) is 14.7. The number of benzene rings is 2. The molecule has 0 bridgehead atoms. The Balaban J connectivity index is 0.00000253. The van der Waals surface area contributed by atoms with Crippen molar-refractivity contribution >= 4 is 39.1 Å². The van der Waals surface area contributed by atoms with Crippen molar-refractivity contribution in [3.63, 3.8) is 0 Å². The fourth-order valence-corrected chi connectivity index (χ4v) is 6.02. The van der Waals surface area contributed by atoms with Crippen LogP contribution in [-0.2, 0) is 18.5 Å². The highest BCUT2D eigenvalue weighted by Crippen LogP contribution is 2.49. The van der Waals surface area contributed by atoms with E-state index < -0.39 is 0 Å². The molecule has 0 unspecified atom stereocenters. The van der Waals surface area contributed by atoms with Crippen LogP contribution in [0.1, 0.15) is 41.6 Å². The number of hydrogen-bond donors (Lipinski definition) is 0. The molecule has 0 radical (unpaired) electrons. The second kappa shape index (κ2) is 10.3. The van der Waals surface area contributed by atoms with E-state index in [0.29, 0.717) is 6.54 Å². The molecular weight excluding hydrogens is 516 g/mol. The van der Waals surface area contributed by atoms with Gasteiger partial charge in [-0.2, -0.15) is 0 Å². The molecule has 0 aliphatic heterocycles. The van der Waals surface area contributed by atoms with Gasteiger partial charge in [0.15, 0.2) is 4.80 Å². The van der Waals surface area contributed by atoms with Gasteiger partial charge in [-0.05, 0) is 52.4 Å². The molecule has 1 saturated carbocycles. The van der Waals surface area contributed by atoms with Gasteiger partial charge in [0.05, 0.1) is 13.1 Å². The van der Waals surface area contributed by atoms with Gasteiger partial charge in [0.2, 0.25) is 0 Å². The lowest BCUT2D eigenvalue weighted by Crippen LogP contribution is -2.39. The monoisotopic (exact) mass is 542 g/mol. The van der Waals surface area contributed by atoms with Gasteiger partial charge in [-0.15, -0.1) is 28.3 Å². The number of rotatable bonds is 6. The first kappa shape index (κ1) is 23.6. The number of pyridine rings is 2. The predicted octanol–water partition coefficient (Wildman–Crippen LogP) is 6.69. The minimum atomic E-state index is 0. The van der Waals surface area contributed by atoms with E-state index in [1.165, 1.54) is 34.0 Å². The van der Waals surface area contributed by atoms with E-state index in [1.807, 2.05) is 30.7 Å². The highest BCUT2D eigenvalue weighted by molar-refractivity contribution is 8.93. The first-order chi connectivity index (χ1) is 16.8. The Labute approximate surface area is 219 Å². The predicted molar refractivity (Wildman–Crippen MR) is 148 cm³/mol. The molecule has 0 N–H and O–H groups in total. The number of nitrogens with zero attached hydrogens (tertiary/aromatic N) is 4. The van der Waals surface area contributed by atoms with Gasteiger partial charge in [0, 0.05) is 41.3 Å². The van der Waals surface area contributed by atoms with Crippen LogP contribution in [0.25, 0.3) is 10.8 Å². The molecule has 35 heavy (non-hydrogen) atoms. The van der Waals surface area contributed by atoms with E-state index in [1.54, 1.807) is 17.5 Å². The highest BCUT2D eigenvalue weighted by atomic mass is 79.9. The summed E-state index contributed by atoms with van der Waals surface area (Å²) in [6, 6.07) is 23.9. The van der Waals surface area contributed by atoms with Crippen molar-refractivity contribution < 1.29 is 0 Å². The van der Waals surface area contributed by atoms with E-state index in [4.69, 9.17) is 4.99 Å². The SMILES string of the molecule is Br.c1cncc(CN=c2scc(C3(c4ccc5ccccc5c4)CCC3)n2Cc2cccnc2)c1. The van der Waals surface area contributed by atoms with Crippen LogP contribution in [0.2, 0.25) is 0 Å². The van der Waals surface area contributed by atoms with Gasteiger partial charge >= 0.3 is 0 Å². The summed E-state index contributed by atoms with van der Waals surface area (Å²) < 4.78 is 2.42. The van der Waals surface area contributed by atoms with Crippen molar-refractivity contribution in [3.05, 3.63) is 124 Å². The number of thiazole rings is 1. The van der Waals surface area contributed by atoms with Crippen LogP contribution in [0.5, 0.6) is 0 Å². The van der Waals surface area contributed by atoms with Crippen molar-refractivity contribution in [3.8, 4) is 0 Å². The normalized spacial score (nSPS) is 14.9. The first-order valence-electron chi connectivity index (χ1n) is 11.8. The Morgan fingerprint density at radius 3 is 2.29 bits per heavy atom. The maximum Gasteiger partial charge on any atom is 0.185 e. The van der Waals surface area contributed by atoms with Gasteiger partial charge in [-0.3, -0.25) is 15.0 Å². The molecule has 3 aromatic heterocycles. The van der Waals surface area contributed by atoms with Gasteiger partial charge < -0.3 is 4.57 Å². The summed E-state index contributed by atoms with van der Waals surface area (Å²) in [7, 11) is 0. The molecule has 0 atom stereocenters. The number of hydrogen-bond acceptors (Lipinski definition) is 4. The van der Waals surface area contributed by atoms with Crippen molar-refractivity contribution in [2.45, 2.75) is 37.8 Å². The molecule has 1 aliphatic rings. The van der Waals surface area contributed by atoms with Gasteiger partial charge in [-0.1, -0.05) is 61.0 Å². The Hall–Kier alpha value is -3.09. The quantitative estimate of drug-likeness (QED) is 0.240. The van der Waals surface area contributed by atoms with Crippen LogP contribution in [-0.4, -0.2) is 14.5 Å². The Bertz CT molecular complexity index is 1490. The molecule has 1 aliphatic carbocycles. The van der Waals surface area contributed by atoms with Gasteiger partial charge in [0.1, 0.15) is 0 Å². The fraction of sp³-hybridized carbons (Fsp3) is 0.207. The summed E-state index contributed by atoms with van der Waals surface area (Å²) in [6.07, 6.45) is 11.1. The fourth-order valence-electron chi connectivity index (χ4n) is 5.02. The average molecular weight is 544 g/mol. The Morgan fingerprint density at radius 1 is 0.857 bits per heavy atom. The van der Waals surface area contributed by atoms with E-state index in [2.05, 4.69) is 74.5 Å². The van der Waals surface area contributed by atoms with Crippen molar-refractivity contribution in [1.82, 2.24) is 14.5 Å². The Kier molecular flexibility index (Phi) is 6.93. The summed E-state index contributed by atoms with van der Waals surface area (Å²) in [5, 5.41) is 4.94. The van der Waals surface area contributed by atoms with E-state index in [9.17, 15) is 0 Å². The third kappa shape index (κ3) is 4.60. The molecule has 0 amide bonds. The lowest BCUT2D eigenvalue weighted by Gasteiger charge is -2.43. The van der Waals surface area contributed by atoms with E-state index >= 15 is 0 Å². The second-order valence-corrected chi connectivity index (χ2v) is 9.86. The van der Waals surface area contributed by atoms with Crippen molar-refractivity contribution in [2.24, 2.45) is 4.99 Å². The summed E-state index contributed by atoms with van der Waals surface area (Å²) >= 11 is 1.74. The maximum atomic E-state index is 5.03. The molecule has 5 aromatic rings. The Morgan fingerprint density at radius 2 is 1.60 bits per heavy atom. The van der Waals surface area contributed by atoms with Crippen molar-refractivity contribution in [1.29, 1.82) is 0 Å². The third-order valence-electron chi connectivity index (χ3n) is 6.98. The molecule has 6 rings (SSSR count). The van der Waals surface area contributed by atoms with Gasteiger partial charge in [0.25, 0.3) is 0 Å². The van der Waals surface area contributed by atoms with Crippen LogP contribution in [0.15, 0.2) is 102 Å². The highest BCUT2D eigenvalue weighted by Gasteiger charge is 2.43. The zero-order valence-electron chi connectivity index (χ0n) is 19.4. The molecular formula is C29H27BrN4S. The first-order valence-corrected chi connectivity index (χ1v) is 12.7. The minimum absolute atomic E-state index is 0. The topological polar surface area (TPSA) is 43.1 Å². The molecule has 6 heteroatoms. The standard InChI is InChI=1S/C29H26N4S.BrH/c1-2-9-25-16-26(11-10-24(25)8-1)29(12-5-13-29)27-21-34-28(32-19-22-6-3-14-30-17-22)33(27)20-23-7-4-15-31-18-23;/h1-4,6-11,14-18,21H,5,12-13,19-20H2;1H. The smallest absolute Gasteiger partial charge is 0.185 e. The zero-order chi connectivity index (χ0) is 22.8. The lowest BCUT2D eigenvalue weighted by atomic mass is 9.62. The number of aromatic nitrogens is 3. The molecule has 3 heterocycles. The molecule has 0 saturated heterocycles. The van der Waals surface area contributed by atoms with Crippen LogP contribution in [0.4, 0.5) is 0 Å². The zero-order valence-corrected chi connectivity index (χ0v) is 21.9. The molecule has 2 aromatic carbocycles. The summed E-state index contributed by atoms with van der Waals surface area (Å²) in [5.41, 5.74) is 5.13. The number of halogens is 1. The maximum absolute atomic E-state index is 5.03. The lowest BCUT2D eigenvalue weighted by molar-refractivity contribution is 0.284.